The van der Waals surface area contributed by atoms with E-state index in [0.29, 0.717) is 16.4 Å². The van der Waals surface area contributed by atoms with E-state index in [9.17, 15) is 4.39 Å². The first kappa shape index (κ1) is 10.2. The molecule has 0 amide bonds. The number of nitrogen functional groups attached to an aromatic ring is 1. The van der Waals surface area contributed by atoms with E-state index in [1.54, 1.807) is 5.38 Å². The number of H-pyrrole nitrogens is 1. The summed E-state index contributed by atoms with van der Waals surface area (Å²) in [6.45, 7) is 4.02. The molecule has 0 spiro atoms. The maximum absolute atomic E-state index is 13.4. The zero-order valence-electron chi connectivity index (χ0n) is 8.54. The highest BCUT2D eigenvalue weighted by Crippen LogP contribution is 2.35. The van der Waals surface area contributed by atoms with Crippen LogP contribution in [-0.4, -0.2) is 10.2 Å². The van der Waals surface area contributed by atoms with E-state index in [1.165, 1.54) is 17.4 Å². The van der Waals surface area contributed by atoms with Crippen LogP contribution in [0.15, 0.2) is 11.4 Å². The van der Waals surface area contributed by atoms with Crippen LogP contribution < -0.4 is 5.73 Å². The highest BCUT2D eigenvalue weighted by molar-refractivity contribution is 7.13. The minimum absolute atomic E-state index is 0.222. The summed E-state index contributed by atoms with van der Waals surface area (Å²) in [4.78, 5) is 0.572. The van der Waals surface area contributed by atoms with Crippen molar-refractivity contribution in [2.75, 3.05) is 5.73 Å². The Balaban J connectivity index is 2.59. The van der Waals surface area contributed by atoms with E-state index in [4.69, 9.17) is 5.73 Å². The average Bonchev–Trinajstić information content (AvgIpc) is 2.71. The summed E-state index contributed by atoms with van der Waals surface area (Å²) in [5.41, 5.74) is 7.33. The molecule has 0 fully saturated rings. The van der Waals surface area contributed by atoms with Gasteiger partial charge < -0.3 is 5.73 Å². The van der Waals surface area contributed by atoms with Gasteiger partial charge in [-0.3, -0.25) is 5.10 Å². The van der Waals surface area contributed by atoms with Crippen LogP contribution in [0.1, 0.15) is 25.3 Å². The summed E-state index contributed by atoms with van der Waals surface area (Å²) >= 11 is 1.35. The zero-order valence-corrected chi connectivity index (χ0v) is 9.36. The standard InChI is InChI=1S/C10H12FN3S/c1-5(2)7-8(13-14-10(7)12)9-6(11)3-4-15-9/h3-5H,1-2H3,(H3,12,13,14). The lowest BCUT2D eigenvalue weighted by Crippen LogP contribution is -1.95. The maximum Gasteiger partial charge on any atom is 0.149 e. The van der Waals surface area contributed by atoms with Gasteiger partial charge in [-0.15, -0.1) is 11.3 Å². The number of nitrogens with one attached hydrogen (secondary N) is 1. The summed E-state index contributed by atoms with van der Waals surface area (Å²) < 4.78 is 13.4. The minimum atomic E-state index is -0.231. The summed E-state index contributed by atoms with van der Waals surface area (Å²) in [6, 6.07) is 1.45. The van der Waals surface area contributed by atoms with Crippen LogP contribution in [0.2, 0.25) is 0 Å². The Hall–Kier alpha value is -1.36. The predicted molar refractivity (Wildman–Crippen MR) is 60.4 cm³/mol. The van der Waals surface area contributed by atoms with Crippen molar-refractivity contribution in [2.45, 2.75) is 19.8 Å². The molecule has 15 heavy (non-hydrogen) atoms. The Bertz CT molecular complexity index is 473. The number of nitrogens with two attached hydrogens (primary N) is 1. The monoisotopic (exact) mass is 225 g/mol. The molecule has 0 unspecified atom stereocenters. The van der Waals surface area contributed by atoms with E-state index in [2.05, 4.69) is 10.2 Å². The molecule has 0 aliphatic heterocycles. The Labute approximate surface area is 91.1 Å². The third-order valence-electron chi connectivity index (χ3n) is 2.26. The number of nitrogens with zero attached hydrogens (tertiary/aromatic N) is 1. The quantitative estimate of drug-likeness (QED) is 0.825. The summed E-state index contributed by atoms with van der Waals surface area (Å²) in [6.07, 6.45) is 0. The molecule has 2 aromatic rings. The fraction of sp³-hybridized carbons (Fsp3) is 0.300. The molecule has 3 N–H and O–H groups in total. The Morgan fingerprint density at radius 1 is 1.53 bits per heavy atom. The van der Waals surface area contributed by atoms with Gasteiger partial charge in [0, 0.05) is 5.56 Å². The Morgan fingerprint density at radius 2 is 2.27 bits per heavy atom. The molecule has 0 radical (unpaired) electrons. The number of thiophene rings is 1. The van der Waals surface area contributed by atoms with Gasteiger partial charge in [0.2, 0.25) is 0 Å². The second-order valence-corrected chi connectivity index (χ2v) is 4.57. The number of anilines is 1. The third-order valence-corrected chi connectivity index (χ3v) is 3.16. The first-order valence-corrected chi connectivity index (χ1v) is 5.56. The van der Waals surface area contributed by atoms with E-state index in [1.807, 2.05) is 13.8 Å². The smallest absolute Gasteiger partial charge is 0.149 e. The van der Waals surface area contributed by atoms with Gasteiger partial charge in [0.1, 0.15) is 11.6 Å². The summed E-state index contributed by atoms with van der Waals surface area (Å²) in [5, 5.41) is 8.44. The van der Waals surface area contributed by atoms with Crippen molar-refractivity contribution in [3.63, 3.8) is 0 Å². The van der Waals surface area contributed by atoms with Gasteiger partial charge in [-0.25, -0.2) is 4.39 Å². The highest BCUT2D eigenvalue weighted by Gasteiger charge is 2.18. The van der Waals surface area contributed by atoms with Gasteiger partial charge in [-0.2, -0.15) is 5.10 Å². The summed E-state index contributed by atoms with van der Waals surface area (Å²) in [5.74, 6) is 0.443. The number of hydrogen-bond donors (Lipinski definition) is 2. The van der Waals surface area contributed by atoms with Gasteiger partial charge in [0.05, 0.1) is 10.6 Å². The lowest BCUT2D eigenvalue weighted by Gasteiger charge is -2.05. The molecule has 0 saturated heterocycles. The average molecular weight is 225 g/mol. The van der Waals surface area contributed by atoms with Crippen LogP contribution in [0.5, 0.6) is 0 Å². The second kappa shape index (κ2) is 3.66. The van der Waals surface area contributed by atoms with Crippen LogP contribution in [0, 0.1) is 5.82 Å². The van der Waals surface area contributed by atoms with E-state index in [0.717, 1.165) is 5.56 Å². The molecule has 2 heterocycles. The number of aromatic amines is 1. The van der Waals surface area contributed by atoms with Gasteiger partial charge in [0.25, 0.3) is 0 Å². The molecular formula is C10H12FN3S. The molecule has 3 nitrogen and oxygen atoms in total. The van der Waals surface area contributed by atoms with Crippen LogP contribution in [0.4, 0.5) is 10.2 Å². The number of aromatic nitrogens is 2. The fourth-order valence-electron chi connectivity index (χ4n) is 1.59. The van der Waals surface area contributed by atoms with Crippen molar-refractivity contribution in [3.8, 4) is 10.6 Å². The molecule has 2 rings (SSSR count). The molecule has 2 aromatic heterocycles. The molecule has 0 aliphatic rings. The lowest BCUT2D eigenvalue weighted by molar-refractivity contribution is 0.635. The molecule has 80 valence electrons. The molecular weight excluding hydrogens is 213 g/mol. The largest absolute Gasteiger partial charge is 0.382 e. The van der Waals surface area contributed by atoms with Crippen LogP contribution in [0.25, 0.3) is 10.6 Å². The van der Waals surface area contributed by atoms with Crippen molar-refractivity contribution in [3.05, 3.63) is 22.8 Å². The molecule has 0 aromatic carbocycles. The first-order chi connectivity index (χ1) is 7.11. The normalized spacial score (nSPS) is 11.2. The van der Waals surface area contributed by atoms with Crippen molar-refractivity contribution >= 4 is 17.2 Å². The zero-order chi connectivity index (χ0) is 11.0. The van der Waals surface area contributed by atoms with Crippen molar-refractivity contribution in [1.29, 1.82) is 0 Å². The van der Waals surface area contributed by atoms with Crippen LogP contribution >= 0.6 is 11.3 Å². The SMILES string of the molecule is CC(C)c1c(N)n[nH]c1-c1sccc1F. The predicted octanol–water partition coefficient (Wildman–Crippen LogP) is 2.98. The molecule has 0 atom stereocenters. The maximum atomic E-state index is 13.4. The lowest BCUT2D eigenvalue weighted by atomic mass is 10.0. The topological polar surface area (TPSA) is 54.7 Å². The number of hydrogen-bond acceptors (Lipinski definition) is 3. The first-order valence-electron chi connectivity index (χ1n) is 4.68. The fourth-order valence-corrected chi connectivity index (χ4v) is 2.37. The number of rotatable bonds is 2. The third kappa shape index (κ3) is 1.63. The van der Waals surface area contributed by atoms with Gasteiger partial charge in [-0.05, 0) is 17.4 Å². The molecule has 5 heteroatoms. The Morgan fingerprint density at radius 3 is 2.80 bits per heavy atom. The van der Waals surface area contributed by atoms with Crippen molar-refractivity contribution < 1.29 is 4.39 Å². The van der Waals surface area contributed by atoms with Crippen molar-refractivity contribution in [1.82, 2.24) is 10.2 Å². The molecule has 0 aliphatic carbocycles. The minimum Gasteiger partial charge on any atom is -0.382 e. The second-order valence-electron chi connectivity index (χ2n) is 3.65. The summed E-state index contributed by atoms with van der Waals surface area (Å²) in [7, 11) is 0. The van der Waals surface area contributed by atoms with Crippen molar-refractivity contribution in [2.24, 2.45) is 0 Å². The van der Waals surface area contributed by atoms with Gasteiger partial charge in [0.15, 0.2) is 0 Å². The van der Waals surface area contributed by atoms with Crippen LogP contribution in [0.3, 0.4) is 0 Å². The van der Waals surface area contributed by atoms with Gasteiger partial charge in [-0.1, -0.05) is 13.8 Å². The van der Waals surface area contributed by atoms with E-state index >= 15 is 0 Å². The number of halogens is 1. The van der Waals surface area contributed by atoms with E-state index in [-0.39, 0.29) is 11.7 Å². The highest BCUT2D eigenvalue weighted by atomic mass is 32.1. The van der Waals surface area contributed by atoms with E-state index < -0.39 is 0 Å². The van der Waals surface area contributed by atoms with Gasteiger partial charge >= 0.3 is 0 Å². The molecule has 0 bridgehead atoms. The Kier molecular flexibility index (Phi) is 2.48. The molecule has 0 saturated carbocycles. The van der Waals surface area contributed by atoms with Crippen LogP contribution in [-0.2, 0) is 0 Å².